The Morgan fingerprint density at radius 3 is 2.12 bits per heavy atom. The maximum Gasteiger partial charge on any atom is 0.236 e. The first-order chi connectivity index (χ1) is 12.5. The minimum absolute atomic E-state index is 0.143. The second kappa shape index (κ2) is 8.97. The molecule has 1 amide bonds. The highest BCUT2D eigenvalue weighted by Gasteiger charge is 2.24. The number of likely N-dealkylation sites (tertiary alicyclic amines) is 1. The Balaban J connectivity index is 1.40. The number of hydrogen-bond donors (Lipinski definition) is 0. The van der Waals surface area contributed by atoms with Crippen LogP contribution in [-0.4, -0.2) is 87.1 Å². The molecule has 0 atom stereocenters. The van der Waals surface area contributed by atoms with Gasteiger partial charge in [-0.1, -0.05) is 18.2 Å². The molecular formula is C19H29N3O3S. The largest absolute Gasteiger partial charge is 0.342 e. The molecule has 2 fully saturated rings. The van der Waals surface area contributed by atoms with E-state index in [0.717, 1.165) is 52.1 Å². The monoisotopic (exact) mass is 379 g/mol. The van der Waals surface area contributed by atoms with E-state index >= 15 is 0 Å². The summed E-state index contributed by atoms with van der Waals surface area (Å²) < 4.78 is 24.7. The van der Waals surface area contributed by atoms with Gasteiger partial charge in [0.15, 0.2) is 9.84 Å². The Morgan fingerprint density at radius 2 is 1.46 bits per heavy atom. The van der Waals surface area contributed by atoms with Gasteiger partial charge < -0.3 is 4.90 Å². The zero-order valence-corrected chi connectivity index (χ0v) is 16.2. The molecule has 7 heteroatoms. The number of carbonyl (C=O) groups is 1. The number of carbonyl (C=O) groups excluding carboxylic acids is 1. The molecule has 0 aliphatic carbocycles. The standard InChI is InChI=1S/C19H29N3O3S/c23-19(22-9-5-2-6-10-22)17-21-13-11-20(12-14-21)15-16-26(24,25)18-7-3-1-4-8-18/h1,3-4,7-8H,2,5-6,9-17H2. The van der Waals surface area contributed by atoms with Gasteiger partial charge in [0.2, 0.25) is 5.91 Å². The van der Waals surface area contributed by atoms with Crippen LogP contribution in [0.3, 0.4) is 0 Å². The minimum atomic E-state index is -3.22. The third-order valence-electron chi connectivity index (χ3n) is 5.31. The van der Waals surface area contributed by atoms with E-state index in [0.29, 0.717) is 18.0 Å². The summed E-state index contributed by atoms with van der Waals surface area (Å²) in [7, 11) is -3.22. The van der Waals surface area contributed by atoms with Crippen molar-refractivity contribution in [2.45, 2.75) is 24.2 Å². The van der Waals surface area contributed by atoms with Gasteiger partial charge in [0.05, 0.1) is 17.2 Å². The van der Waals surface area contributed by atoms with Gasteiger partial charge in [-0.3, -0.25) is 14.6 Å². The van der Waals surface area contributed by atoms with Crippen LogP contribution in [-0.2, 0) is 14.6 Å². The predicted octanol–water partition coefficient (Wildman–Crippen LogP) is 1.09. The van der Waals surface area contributed by atoms with E-state index in [9.17, 15) is 13.2 Å². The molecule has 3 rings (SSSR count). The number of sulfone groups is 1. The summed E-state index contributed by atoms with van der Waals surface area (Å²) in [5.74, 6) is 0.383. The molecule has 6 nitrogen and oxygen atoms in total. The fourth-order valence-electron chi connectivity index (χ4n) is 3.60. The number of piperidine rings is 1. The highest BCUT2D eigenvalue weighted by molar-refractivity contribution is 7.91. The number of rotatable bonds is 6. The number of amides is 1. The Hall–Kier alpha value is -1.44. The molecule has 2 saturated heterocycles. The first-order valence-electron chi connectivity index (χ1n) is 9.55. The summed E-state index contributed by atoms with van der Waals surface area (Å²) in [6, 6.07) is 8.64. The summed E-state index contributed by atoms with van der Waals surface area (Å²) in [6.45, 7) is 6.12. The van der Waals surface area contributed by atoms with E-state index in [2.05, 4.69) is 9.80 Å². The van der Waals surface area contributed by atoms with Crippen molar-refractivity contribution >= 4 is 15.7 Å². The van der Waals surface area contributed by atoms with Crippen molar-refractivity contribution in [1.82, 2.24) is 14.7 Å². The lowest BCUT2D eigenvalue weighted by atomic mass is 10.1. The molecular weight excluding hydrogens is 350 g/mol. The van der Waals surface area contributed by atoms with Crippen molar-refractivity contribution in [3.8, 4) is 0 Å². The summed E-state index contributed by atoms with van der Waals surface area (Å²) in [6.07, 6.45) is 3.47. The molecule has 26 heavy (non-hydrogen) atoms. The third kappa shape index (κ3) is 5.28. The molecule has 144 valence electrons. The highest BCUT2D eigenvalue weighted by Crippen LogP contribution is 2.12. The first kappa shape index (κ1) is 19.3. The maximum absolute atomic E-state index is 12.4. The van der Waals surface area contributed by atoms with E-state index in [1.165, 1.54) is 6.42 Å². The van der Waals surface area contributed by atoms with Crippen molar-refractivity contribution in [2.24, 2.45) is 0 Å². The fraction of sp³-hybridized carbons (Fsp3) is 0.632. The van der Waals surface area contributed by atoms with Crippen molar-refractivity contribution in [1.29, 1.82) is 0 Å². The average Bonchev–Trinajstić information content (AvgIpc) is 2.69. The molecule has 0 radical (unpaired) electrons. The van der Waals surface area contributed by atoms with Crippen LogP contribution in [0, 0.1) is 0 Å². The van der Waals surface area contributed by atoms with Gasteiger partial charge >= 0.3 is 0 Å². The molecule has 0 N–H and O–H groups in total. The van der Waals surface area contributed by atoms with Crippen LogP contribution in [0.5, 0.6) is 0 Å². The Bertz CT molecular complexity index is 679. The highest BCUT2D eigenvalue weighted by atomic mass is 32.2. The Labute approximate surface area is 156 Å². The second-order valence-electron chi connectivity index (χ2n) is 7.19. The van der Waals surface area contributed by atoms with Gasteiger partial charge in [-0.25, -0.2) is 8.42 Å². The molecule has 0 spiro atoms. The van der Waals surface area contributed by atoms with E-state index < -0.39 is 9.84 Å². The van der Waals surface area contributed by atoms with Crippen LogP contribution < -0.4 is 0 Å². The third-order valence-corrected chi connectivity index (χ3v) is 7.02. The van der Waals surface area contributed by atoms with Gasteiger partial charge in [-0.15, -0.1) is 0 Å². The number of piperazine rings is 1. The van der Waals surface area contributed by atoms with Crippen molar-refractivity contribution in [2.75, 3.05) is 58.1 Å². The summed E-state index contributed by atoms with van der Waals surface area (Å²) in [5, 5.41) is 0. The maximum atomic E-state index is 12.4. The van der Waals surface area contributed by atoms with Gasteiger partial charge in [0.25, 0.3) is 0 Å². The van der Waals surface area contributed by atoms with E-state index in [-0.39, 0.29) is 11.7 Å². The Kier molecular flexibility index (Phi) is 6.67. The normalized spacial score (nSPS) is 20.2. The predicted molar refractivity (Wildman–Crippen MR) is 102 cm³/mol. The molecule has 0 aromatic heterocycles. The topological polar surface area (TPSA) is 60.9 Å². The molecule has 0 saturated carbocycles. The summed E-state index contributed by atoms with van der Waals surface area (Å²) in [5.41, 5.74) is 0. The smallest absolute Gasteiger partial charge is 0.236 e. The van der Waals surface area contributed by atoms with E-state index in [1.807, 2.05) is 11.0 Å². The van der Waals surface area contributed by atoms with Crippen LogP contribution in [0.1, 0.15) is 19.3 Å². The lowest BCUT2D eigenvalue weighted by Crippen LogP contribution is -2.51. The van der Waals surface area contributed by atoms with Crippen LogP contribution in [0.2, 0.25) is 0 Å². The lowest BCUT2D eigenvalue weighted by Gasteiger charge is -2.36. The van der Waals surface area contributed by atoms with Crippen LogP contribution in [0.25, 0.3) is 0 Å². The summed E-state index contributed by atoms with van der Waals surface area (Å²) >= 11 is 0. The quantitative estimate of drug-likeness (QED) is 0.741. The SMILES string of the molecule is O=C(CN1CCN(CCS(=O)(=O)c2ccccc2)CC1)N1CCCCC1. The first-order valence-corrected chi connectivity index (χ1v) is 11.2. The molecule has 2 aliphatic rings. The molecule has 1 aromatic carbocycles. The van der Waals surface area contributed by atoms with Gasteiger partial charge in [-0.2, -0.15) is 0 Å². The number of nitrogens with zero attached hydrogens (tertiary/aromatic N) is 3. The molecule has 2 aliphatic heterocycles. The van der Waals surface area contributed by atoms with Crippen LogP contribution in [0.15, 0.2) is 35.2 Å². The molecule has 0 unspecified atom stereocenters. The van der Waals surface area contributed by atoms with Gasteiger partial charge in [-0.05, 0) is 31.4 Å². The average molecular weight is 380 g/mol. The fourth-order valence-corrected chi connectivity index (χ4v) is 4.91. The van der Waals surface area contributed by atoms with Crippen LogP contribution in [0.4, 0.5) is 0 Å². The minimum Gasteiger partial charge on any atom is -0.342 e. The zero-order valence-electron chi connectivity index (χ0n) is 15.3. The van der Waals surface area contributed by atoms with Crippen molar-refractivity contribution < 1.29 is 13.2 Å². The zero-order chi connectivity index (χ0) is 18.4. The number of benzene rings is 1. The second-order valence-corrected chi connectivity index (χ2v) is 9.30. The van der Waals surface area contributed by atoms with Crippen molar-refractivity contribution in [3.05, 3.63) is 30.3 Å². The van der Waals surface area contributed by atoms with E-state index in [1.54, 1.807) is 24.3 Å². The molecule has 0 bridgehead atoms. The number of hydrogen-bond acceptors (Lipinski definition) is 5. The summed E-state index contributed by atoms with van der Waals surface area (Å²) in [4.78, 5) is 19.1. The van der Waals surface area contributed by atoms with E-state index in [4.69, 9.17) is 0 Å². The molecule has 2 heterocycles. The molecule has 1 aromatic rings. The Morgan fingerprint density at radius 1 is 0.846 bits per heavy atom. The van der Waals surface area contributed by atoms with Gasteiger partial charge in [0, 0.05) is 45.8 Å². The van der Waals surface area contributed by atoms with Gasteiger partial charge in [0.1, 0.15) is 0 Å². The van der Waals surface area contributed by atoms with Crippen molar-refractivity contribution in [3.63, 3.8) is 0 Å². The van der Waals surface area contributed by atoms with Crippen LogP contribution >= 0.6 is 0 Å². The lowest BCUT2D eigenvalue weighted by molar-refractivity contribution is -0.133.